The Hall–Kier alpha value is -3.19. The highest BCUT2D eigenvalue weighted by Gasteiger charge is 2.26. The van der Waals surface area contributed by atoms with E-state index in [9.17, 15) is 14.4 Å². The van der Waals surface area contributed by atoms with Gasteiger partial charge in [-0.05, 0) is 64.9 Å². The first kappa shape index (κ1) is 15.3. The zero-order chi connectivity index (χ0) is 17.6. The van der Waals surface area contributed by atoms with Crippen LogP contribution < -0.4 is 5.73 Å². The summed E-state index contributed by atoms with van der Waals surface area (Å²) in [5.41, 5.74) is 8.25. The van der Waals surface area contributed by atoms with E-state index in [2.05, 4.69) is 12.1 Å². The van der Waals surface area contributed by atoms with Gasteiger partial charge in [0.1, 0.15) is 5.82 Å². The summed E-state index contributed by atoms with van der Waals surface area (Å²) < 4.78 is 13.9. The number of benzene rings is 3. The van der Waals surface area contributed by atoms with E-state index in [0.717, 1.165) is 23.6 Å². The fourth-order valence-corrected chi connectivity index (χ4v) is 3.45. The molecule has 1 saturated carbocycles. The zero-order valence-corrected chi connectivity index (χ0v) is 13.4. The number of hydrogen-bond donors (Lipinski definition) is 1. The molecule has 3 aromatic rings. The van der Waals surface area contributed by atoms with Crippen LogP contribution in [0.3, 0.4) is 0 Å². The maximum Gasteiger partial charge on any atom is 0.249 e. The molecular weight excluding hydrogens is 315 g/mol. The van der Waals surface area contributed by atoms with Gasteiger partial charge >= 0.3 is 0 Å². The van der Waals surface area contributed by atoms with Crippen molar-refractivity contribution in [3.05, 3.63) is 71.0 Å². The van der Waals surface area contributed by atoms with Gasteiger partial charge in [0.15, 0.2) is 0 Å². The van der Waals surface area contributed by atoms with Gasteiger partial charge < -0.3 is 5.73 Å². The number of carbonyl (C=O) groups is 1. The van der Waals surface area contributed by atoms with Crippen molar-refractivity contribution in [3.63, 3.8) is 0 Å². The maximum atomic E-state index is 13.9. The molecule has 25 heavy (non-hydrogen) atoms. The molecule has 122 valence electrons. The summed E-state index contributed by atoms with van der Waals surface area (Å²) in [7, 11) is 0. The molecule has 4 heteroatoms. The molecule has 4 rings (SSSR count). The standard InChI is InChI=1S/C21H15FN2O/c22-14-7-9-18(21(24)25)19(10-14)20-13(11-23)6-8-16-15(12-4-5-12)2-1-3-17(16)20/h1-3,6-10,12H,4-5H2,(H2,24,25). The topological polar surface area (TPSA) is 66.9 Å². The van der Waals surface area contributed by atoms with Crippen LogP contribution >= 0.6 is 0 Å². The summed E-state index contributed by atoms with van der Waals surface area (Å²) >= 11 is 0. The smallest absolute Gasteiger partial charge is 0.249 e. The largest absolute Gasteiger partial charge is 0.366 e. The minimum atomic E-state index is -0.644. The summed E-state index contributed by atoms with van der Waals surface area (Å²) in [4.78, 5) is 11.8. The summed E-state index contributed by atoms with van der Waals surface area (Å²) in [5, 5.41) is 11.5. The summed E-state index contributed by atoms with van der Waals surface area (Å²) in [6.45, 7) is 0. The molecule has 0 aromatic heterocycles. The molecule has 0 spiro atoms. The third-order valence-corrected chi connectivity index (χ3v) is 4.75. The zero-order valence-electron chi connectivity index (χ0n) is 13.4. The molecule has 1 amide bonds. The number of amides is 1. The number of halogens is 1. The Bertz CT molecular complexity index is 1060. The van der Waals surface area contributed by atoms with Gasteiger partial charge in [0.05, 0.1) is 11.6 Å². The van der Waals surface area contributed by atoms with Crippen LogP contribution in [0.25, 0.3) is 21.9 Å². The first-order chi connectivity index (χ1) is 12.1. The van der Waals surface area contributed by atoms with Crippen molar-refractivity contribution in [1.82, 2.24) is 0 Å². The van der Waals surface area contributed by atoms with Gasteiger partial charge in [-0.3, -0.25) is 4.79 Å². The fraction of sp³-hybridized carbons (Fsp3) is 0.143. The first-order valence-electron chi connectivity index (χ1n) is 8.15. The maximum absolute atomic E-state index is 13.9. The van der Waals surface area contributed by atoms with Crippen molar-refractivity contribution < 1.29 is 9.18 Å². The van der Waals surface area contributed by atoms with Crippen LogP contribution in [-0.4, -0.2) is 5.91 Å². The molecule has 0 heterocycles. The lowest BCUT2D eigenvalue weighted by atomic mass is 9.88. The van der Waals surface area contributed by atoms with Crippen molar-refractivity contribution in [2.24, 2.45) is 5.73 Å². The van der Waals surface area contributed by atoms with Crippen LogP contribution in [-0.2, 0) is 0 Å². The highest BCUT2D eigenvalue weighted by atomic mass is 19.1. The van der Waals surface area contributed by atoms with E-state index in [1.807, 2.05) is 18.2 Å². The van der Waals surface area contributed by atoms with E-state index >= 15 is 0 Å². The molecule has 3 nitrogen and oxygen atoms in total. The minimum absolute atomic E-state index is 0.210. The third kappa shape index (κ3) is 2.54. The molecule has 0 radical (unpaired) electrons. The lowest BCUT2D eigenvalue weighted by molar-refractivity contribution is 0.100. The Kier molecular flexibility index (Phi) is 3.51. The molecular formula is C21H15FN2O. The van der Waals surface area contributed by atoms with Crippen LogP contribution in [0, 0.1) is 17.1 Å². The van der Waals surface area contributed by atoms with E-state index in [0.29, 0.717) is 22.6 Å². The van der Waals surface area contributed by atoms with Crippen molar-refractivity contribution >= 4 is 16.7 Å². The van der Waals surface area contributed by atoms with Gasteiger partial charge in [-0.2, -0.15) is 5.26 Å². The lowest BCUT2D eigenvalue weighted by Gasteiger charge is -2.14. The van der Waals surface area contributed by atoms with E-state index in [1.54, 1.807) is 6.07 Å². The minimum Gasteiger partial charge on any atom is -0.366 e. The van der Waals surface area contributed by atoms with E-state index < -0.39 is 11.7 Å². The summed E-state index contributed by atoms with van der Waals surface area (Å²) in [6.07, 6.45) is 2.31. The van der Waals surface area contributed by atoms with Gasteiger partial charge in [0, 0.05) is 11.1 Å². The Morgan fingerprint density at radius 2 is 1.92 bits per heavy atom. The molecule has 0 unspecified atom stereocenters. The van der Waals surface area contributed by atoms with Crippen LogP contribution in [0.5, 0.6) is 0 Å². The van der Waals surface area contributed by atoms with Gasteiger partial charge in [0.2, 0.25) is 5.91 Å². The van der Waals surface area contributed by atoms with E-state index in [1.165, 1.54) is 23.8 Å². The number of nitrogens with two attached hydrogens (primary N) is 1. The predicted octanol–water partition coefficient (Wildman–Crippen LogP) is 4.49. The molecule has 0 bridgehead atoms. The van der Waals surface area contributed by atoms with Crippen LogP contribution in [0.2, 0.25) is 0 Å². The number of nitriles is 1. The van der Waals surface area contributed by atoms with Crippen molar-refractivity contribution in [1.29, 1.82) is 5.26 Å². The summed E-state index contributed by atoms with van der Waals surface area (Å²) in [5.74, 6) is -0.582. The van der Waals surface area contributed by atoms with Crippen molar-refractivity contribution in [3.8, 4) is 17.2 Å². The monoisotopic (exact) mass is 330 g/mol. The number of hydrogen-bond acceptors (Lipinski definition) is 2. The van der Waals surface area contributed by atoms with Crippen molar-refractivity contribution in [2.45, 2.75) is 18.8 Å². The first-order valence-corrected chi connectivity index (χ1v) is 8.15. The molecule has 0 aliphatic heterocycles. The van der Waals surface area contributed by atoms with Gasteiger partial charge in [0.25, 0.3) is 0 Å². The third-order valence-electron chi connectivity index (χ3n) is 4.75. The lowest BCUT2D eigenvalue weighted by Crippen LogP contribution is -2.13. The van der Waals surface area contributed by atoms with E-state index in [-0.39, 0.29) is 5.56 Å². The predicted molar refractivity (Wildman–Crippen MR) is 94.5 cm³/mol. The van der Waals surface area contributed by atoms with Gasteiger partial charge in [-0.15, -0.1) is 0 Å². The molecule has 0 saturated heterocycles. The molecule has 1 fully saturated rings. The number of carbonyl (C=O) groups excluding carboxylic acids is 1. The highest BCUT2D eigenvalue weighted by Crippen LogP contribution is 2.45. The highest BCUT2D eigenvalue weighted by molar-refractivity contribution is 6.07. The summed E-state index contributed by atoms with van der Waals surface area (Å²) in [6, 6.07) is 15.6. The Morgan fingerprint density at radius 3 is 2.60 bits per heavy atom. The molecule has 0 atom stereocenters. The SMILES string of the molecule is N#Cc1ccc2c(C3CC3)cccc2c1-c1cc(F)ccc1C(N)=O. The second-order valence-corrected chi connectivity index (χ2v) is 6.37. The normalized spacial score (nSPS) is 13.6. The average Bonchev–Trinajstić information content (AvgIpc) is 3.44. The molecule has 3 aromatic carbocycles. The Balaban J connectivity index is 2.11. The fourth-order valence-electron chi connectivity index (χ4n) is 3.45. The number of primary amides is 1. The number of nitrogens with zero attached hydrogens (tertiary/aromatic N) is 1. The molecule has 2 N–H and O–H groups in total. The average molecular weight is 330 g/mol. The van der Waals surface area contributed by atoms with Crippen molar-refractivity contribution in [2.75, 3.05) is 0 Å². The molecule has 1 aliphatic carbocycles. The molecule has 1 aliphatic rings. The quantitative estimate of drug-likeness (QED) is 0.768. The second kappa shape index (κ2) is 5.71. The number of fused-ring (bicyclic) bond motifs is 1. The second-order valence-electron chi connectivity index (χ2n) is 6.37. The van der Waals surface area contributed by atoms with E-state index in [4.69, 9.17) is 5.73 Å². The number of rotatable bonds is 3. The van der Waals surface area contributed by atoms with Crippen LogP contribution in [0.1, 0.15) is 40.2 Å². The van der Waals surface area contributed by atoms with Gasteiger partial charge in [-0.1, -0.05) is 24.3 Å². The Labute approximate surface area is 144 Å². The Morgan fingerprint density at radius 1 is 1.12 bits per heavy atom. The van der Waals surface area contributed by atoms with Gasteiger partial charge in [-0.25, -0.2) is 4.39 Å². The van der Waals surface area contributed by atoms with Crippen LogP contribution in [0.4, 0.5) is 4.39 Å². The van der Waals surface area contributed by atoms with Crippen LogP contribution in [0.15, 0.2) is 48.5 Å².